The maximum atomic E-state index is 13.7. The number of anilines is 1. The van der Waals surface area contributed by atoms with Gasteiger partial charge in [0, 0.05) is 17.6 Å². The van der Waals surface area contributed by atoms with Crippen molar-refractivity contribution in [3.8, 4) is 5.75 Å². The van der Waals surface area contributed by atoms with Crippen LogP contribution < -0.4 is 10.1 Å². The highest BCUT2D eigenvalue weighted by atomic mass is 35.5. The van der Waals surface area contributed by atoms with Gasteiger partial charge >= 0.3 is 0 Å². The molecular formula is C15H15ClFNO. The van der Waals surface area contributed by atoms with Gasteiger partial charge in [-0.2, -0.15) is 0 Å². The van der Waals surface area contributed by atoms with Gasteiger partial charge in [0.05, 0.1) is 12.8 Å². The van der Waals surface area contributed by atoms with Crippen LogP contribution in [0.1, 0.15) is 5.56 Å². The lowest BCUT2D eigenvalue weighted by Gasteiger charge is -2.09. The highest BCUT2D eigenvalue weighted by molar-refractivity contribution is 6.30. The molecule has 2 aromatic carbocycles. The number of methoxy groups -OCH3 is 1. The Bertz CT molecular complexity index is 542. The first-order valence-electron chi connectivity index (χ1n) is 6.01. The predicted molar refractivity (Wildman–Crippen MR) is 76.6 cm³/mol. The van der Waals surface area contributed by atoms with Crippen LogP contribution in [0.3, 0.4) is 0 Å². The molecule has 0 spiro atoms. The van der Waals surface area contributed by atoms with E-state index in [1.54, 1.807) is 12.1 Å². The lowest BCUT2D eigenvalue weighted by molar-refractivity contribution is 0.411. The average molecular weight is 280 g/mol. The third-order valence-electron chi connectivity index (χ3n) is 2.82. The summed E-state index contributed by atoms with van der Waals surface area (Å²) >= 11 is 5.81. The summed E-state index contributed by atoms with van der Waals surface area (Å²) in [5.74, 6) is 0.205. The Morgan fingerprint density at radius 1 is 1.16 bits per heavy atom. The summed E-state index contributed by atoms with van der Waals surface area (Å²) < 4.78 is 18.6. The smallest absolute Gasteiger partial charge is 0.149 e. The maximum Gasteiger partial charge on any atom is 0.149 e. The Hall–Kier alpha value is -1.74. The van der Waals surface area contributed by atoms with Gasteiger partial charge in [0.2, 0.25) is 0 Å². The normalized spacial score (nSPS) is 10.3. The number of benzene rings is 2. The van der Waals surface area contributed by atoms with E-state index in [2.05, 4.69) is 5.32 Å². The minimum atomic E-state index is -0.310. The first-order valence-corrected chi connectivity index (χ1v) is 6.38. The van der Waals surface area contributed by atoms with E-state index in [0.29, 0.717) is 18.0 Å². The molecule has 0 amide bonds. The summed E-state index contributed by atoms with van der Waals surface area (Å²) in [5.41, 5.74) is 1.64. The second kappa shape index (κ2) is 6.43. The fourth-order valence-corrected chi connectivity index (χ4v) is 1.88. The molecule has 0 aliphatic heterocycles. The predicted octanol–water partition coefficient (Wildman–Crippen LogP) is 4.14. The van der Waals surface area contributed by atoms with Crippen molar-refractivity contribution in [2.24, 2.45) is 0 Å². The van der Waals surface area contributed by atoms with Crippen molar-refractivity contribution in [2.45, 2.75) is 6.42 Å². The van der Waals surface area contributed by atoms with Crippen LogP contribution in [-0.2, 0) is 6.42 Å². The van der Waals surface area contributed by atoms with Crippen LogP contribution in [-0.4, -0.2) is 13.7 Å². The summed E-state index contributed by atoms with van der Waals surface area (Å²) in [4.78, 5) is 0. The van der Waals surface area contributed by atoms with E-state index in [-0.39, 0.29) is 5.82 Å². The molecule has 0 heterocycles. The Kier molecular flexibility index (Phi) is 4.63. The molecule has 0 radical (unpaired) electrons. The fourth-order valence-electron chi connectivity index (χ4n) is 1.76. The second-order valence-corrected chi connectivity index (χ2v) is 4.59. The van der Waals surface area contributed by atoms with Crippen LogP contribution in [0.5, 0.6) is 5.75 Å². The van der Waals surface area contributed by atoms with Crippen LogP contribution in [0.25, 0.3) is 0 Å². The maximum absolute atomic E-state index is 13.7. The third kappa shape index (κ3) is 3.86. The van der Waals surface area contributed by atoms with Gasteiger partial charge in [0.1, 0.15) is 11.6 Å². The van der Waals surface area contributed by atoms with Crippen LogP contribution in [0.15, 0.2) is 42.5 Å². The molecule has 0 saturated heterocycles. The quantitative estimate of drug-likeness (QED) is 0.888. The lowest BCUT2D eigenvalue weighted by Crippen LogP contribution is -2.06. The molecule has 0 aromatic heterocycles. The van der Waals surface area contributed by atoms with Gasteiger partial charge in [-0.1, -0.05) is 23.7 Å². The standard InChI is InChI=1S/C15H15ClFNO/c1-19-13-6-7-15(14(17)10-13)18-9-8-11-2-4-12(16)5-3-11/h2-7,10,18H,8-9H2,1H3. The third-order valence-corrected chi connectivity index (χ3v) is 3.07. The molecule has 1 N–H and O–H groups in total. The lowest BCUT2D eigenvalue weighted by atomic mass is 10.1. The molecule has 0 aliphatic carbocycles. The number of hydrogen-bond acceptors (Lipinski definition) is 2. The summed E-state index contributed by atoms with van der Waals surface area (Å²) in [6, 6.07) is 12.4. The van der Waals surface area contributed by atoms with Crippen molar-refractivity contribution in [3.63, 3.8) is 0 Å². The number of hydrogen-bond donors (Lipinski definition) is 1. The molecule has 19 heavy (non-hydrogen) atoms. The number of rotatable bonds is 5. The molecule has 0 unspecified atom stereocenters. The molecule has 4 heteroatoms. The van der Waals surface area contributed by atoms with Crippen LogP contribution in [0, 0.1) is 5.82 Å². The molecule has 2 nitrogen and oxygen atoms in total. The zero-order chi connectivity index (χ0) is 13.7. The Balaban J connectivity index is 1.90. The SMILES string of the molecule is COc1ccc(NCCc2ccc(Cl)cc2)c(F)c1. The second-order valence-electron chi connectivity index (χ2n) is 4.15. The zero-order valence-electron chi connectivity index (χ0n) is 10.6. The van der Waals surface area contributed by atoms with Crippen molar-refractivity contribution in [3.05, 3.63) is 58.9 Å². The number of halogens is 2. The van der Waals surface area contributed by atoms with Gasteiger partial charge in [-0.25, -0.2) is 4.39 Å². The van der Waals surface area contributed by atoms with E-state index in [9.17, 15) is 4.39 Å². The first kappa shape index (κ1) is 13.7. The van der Waals surface area contributed by atoms with Gasteiger partial charge in [-0.3, -0.25) is 0 Å². The molecular weight excluding hydrogens is 265 g/mol. The van der Waals surface area contributed by atoms with E-state index in [1.807, 2.05) is 24.3 Å². The van der Waals surface area contributed by atoms with Crippen molar-refractivity contribution in [1.82, 2.24) is 0 Å². The molecule has 0 atom stereocenters. The molecule has 0 bridgehead atoms. The Morgan fingerprint density at radius 2 is 1.89 bits per heavy atom. The fraction of sp³-hybridized carbons (Fsp3) is 0.200. The molecule has 2 aromatic rings. The van der Waals surface area contributed by atoms with Crippen molar-refractivity contribution in [2.75, 3.05) is 19.0 Å². The summed E-state index contributed by atoms with van der Waals surface area (Å²) in [5, 5.41) is 3.78. The topological polar surface area (TPSA) is 21.3 Å². The Labute approximate surface area is 117 Å². The first-order chi connectivity index (χ1) is 9.19. The van der Waals surface area contributed by atoms with Crippen molar-refractivity contribution < 1.29 is 9.13 Å². The van der Waals surface area contributed by atoms with Crippen LogP contribution >= 0.6 is 11.6 Å². The van der Waals surface area contributed by atoms with Gasteiger partial charge in [0.15, 0.2) is 0 Å². The van der Waals surface area contributed by atoms with E-state index in [4.69, 9.17) is 16.3 Å². The molecule has 0 aliphatic rings. The zero-order valence-corrected chi connectivity index (χ0v) is 11.4. The minimum absolute atomic E-state index is 0.310. The molecule has 0 fully saturated rings. The van der Waals surface area contributed by atoms with Gasteiger partial charge < -0.3 is 10.1 Å². The number of nitrogens with one attached hydrogen (secondary N) is 1. The minimum Gasteiger partial charge on any atom is -0.497 e. The van der Waals surface area contributed by atoms with Crippen molar-refractivity contribution >= 4 is 17.3 Å². The monoisotopic (exact) mass is 279 g/mol. The highest BCUT2D eigenvalue weighted by Crippen LogP contribution is 2.20. The van der Waals surface area contributed by atoms with Crippen LogP contribution in [0.4, 0.5) is 10.1 Å². The van der Waals surface area contributed by atoms with E-state index in [0.717, 1.165) is 17.0 Å². The molecule has 2 rings (SSSR count). The molecule has 100 valence electrons. The van der Waals surface area contributed by atoms with Crippen molar-refractivity contribution in [1.29, 1.82) is 0 Å². The van der Waals surface area contributed by atoms with Gasteiger partial charge in [0.25, 0.3) is 0 Å². The summed E-state index contributed by atoms with van der Waals surface area (Å²) in [7, 11) is 1.52. The van der Waals surface area contributed by atoms with E-state index < -0.39 is 0 Å². The molecule has 0 saturated carbocycles. The highest BCUT2D eigenvalue weighted by Gasteiger charge is 2.03. The Morgan fingerprint density at radius 3 is 2.53 bits per heavy atom. The van der Waals surface area contributed by atoms with E-state index >= 15 is 0 Å². The van der Waals surface area contributed by atoms with Gasteiger partial charge in [-0.15, -0.1) is 0 Å². The largest absolute Gasteiger partial charge is 0.497 e. The van der Waals surface area contributed by atoms with E-state index in [1.165, 1.54) is 13.2 Å². The summed E-state index contributed by atoms with van der Waals surface area (Å²) in [6.07, 6.45) is 0.808. The van der Waals surface area contributed by atoms with Crippen LogP contribution in [0.2, 0.25) is 5.02 Å². The average Bonchev–Trinajstić information content (AvgIpc) is 2.42. The van der Waals surface area contributed by atoms with Gasteiger partial charge in [-0.05, 0) is 36.2 Å². The number of ether oxygens (including phenoxy) is 1. The summed E-state index contributed by atoms with van der Waals surface area (Å²) in [6.45, 7) is 0.658.